The number of methoxy groups -OCH3 is 1. The zero-order valence-electron chi connectivity index (χ0n) is 19.5. The van der Waals surface area contributed by atoms with Crippen molar-refractivity contribution >= 4 is 33.1 Å². The van der Waals surface area contributed by atoms with Crippen LogP contribution in [0.5, 0.6) is 5.75 Å². The summed E-state index contributed by atoms with van der Waals surface area (Å²) in [6, 6.07) is 18.7. The van der Waals surface area contributed by atoms with Gasteiger partial charge in [-0.15, -0.1) is 11.3 Å². The standard InChI is InChI=1S/C26H28N4O3S/c1-4-14-30(17(2)25(31)27-19-8-6-5-7-9-19)16-23-28-21-15-22(34-24(21)26(32)29-23)18-10-12-20(33-3)13-11-18/h5-13,15,17H,4,14,16H2,1-3H3,(H,27,31)(H,28,29,32). The molecule has 2 aromatic heterocycles. The van der Waals surface area contributed by atoms with Gasteiger partial charge in [0.25, 0.3) is 5.56 Å². The van der Waals surface area contributed by atoms with Crippen molar-refractivity contribution in [2.45, 2.75) is 32.9 Å². The zero-order valence-corrected chi connectivity index (χ0v) is 20.3. The quantitative estimate of drug-likeness (QED) is 0.359. The summed E-state index contributed by atoms with van der Waals surface area (Å²) in [5.74, 6) is 1.23. The highest BCUT2D eigenvalue weighted by molar-refractivity contribution is 7.22. The Morgan fingerprint density at radius 2 is 1.91 bits per heavy atom. The molecule has 0 aliphatic heterocycles. The third kappa shape index (κ3) is 5.35. The number of aromatic amines is 1. The van der Waals surface area contributed by atoms with E-state index in [4.69, 9.17) is 9.72 Å². The van der Waals surface area contributed by atoms with Gasteiger partial charge in [-0.05, 0) is 67.9 Å². The van der Waals surface area contributed by atoms with E-state index in [0.29, 0.717) is 29.1 Å². The van der Waals surface area contributed by atoms with Gasteiger partial charge in [-0.3, -0.25) is 14.5 Å². The fourth-order valence-corrected chi connectivity index (χ4v) is 4.78. The van der Waals surface area contributed by atoms with Crippen LogP contribution < -0.4 is 15.6 Å². The maximum Gasteiger partial charge on any atom is 0.268 e. The summed E-state index contributed by atoms with van der Waals surface area (Å²) in [5, 5.41) is 2.96. The molecule has 0 fully saturated rings. The average Bonchev–Trinajstić information content (AvgIpc) is 3.29. The molecule has 176 valence electrons. The number of nitrogens with one attached hydrogen (secondary N) is 2. The van der Waals surface area contributed by atoms with E-state index >= 15 is 0 Å². The molecule has 1 atom stereocenters. The van der Waals surface area contributed by atoms with Crippen LogP contribution in [-0.2, 0) is 11.3 Å². The Balaban J connectivity index is 1.56. The van der Waals surface area contributed by atoms with E-state index in [-0.39, 0.29) is 11.5 Å². The molecule has 4 aromatic rings. The lowest BCUT2D eigenvalue weighted by Gasteiger charge is -2.27. The number of carbonyl (C=O) groups is 1. The summed E-state index contributed by atoms with van der Waals surface area (Å²) >= 11 is 1.42. The second-order valence-electron chi connectivity index (χ2n) is 8.07. The van der Waals surface area contributed by atoms with Crippen molar-refractivity contribution in [1.29, 1.82) is 0 Å². The number of H-pyrrole nitrogens is 1. The smallest absolute Gasteiger partial charge is 0.268 e. The number of amides is 1. The molecule has 1 unspecified atom stereocenters. The number of aromatic nitrogens is 2. The van der Waals surface area contributed by atoms with E-state index in [0.717, 1.165) is 28.3 Å². The van der Waals surface area contributed by atoms with Crippen LogP contribution in [0.15, 0.2) is 65.5 Å². The van der Waals surface area contributed by atoms with Crippen LogP contribution in [0.4, 0.5) is 5.69 Å². The molecule has 0 saturated carbocycles. The molecular formula is C26H28N4O3S. The minimum absolute atomic E-state index is 0.0969. The maximum atomic E-state index is 12.9. The third-order valence-electron chi connectivity index (χ3n) is 5.64. The van der Waals surface area contributed by atoms with E-state index in [1.54, 1.807) is 7.11 Å². The first-order valence-corrected chi connectivity index (χ1v) is 12.1. The first-order chi connectivity index (χ1) is 16.5. The number of benzene rings is 2. The number of ether oxygens (including phenoxy) is 1. The fraction of sp³-hybridized carbons (Fsp3) is 0.269. The summed E-state index contributed by atoms with van der Waals surface area (Å²) in [6.07, 6.45) is 0.871. The first kappa shape index (κ1) is 23.7. The second kappa shape index (κ2) is 10.6. The van der Waals surface area contributed by atoms with Crippen molar-refractivity contribution in [3.8, 4) is 16.2 Å². The number of carbonyl (C=O) groups excluding carboxylic acids is 1. The SMILES string of the molecule is CCCN(Cc1nc2cc(-c3ccc(OC)cc3)sc2c(=O)[nH]1)C(C)C(=O)Nc1ccccc1. The highest BCUT2D eigenvalue weighted by Gasteiger charge is 2.22. The van der Waals surface area contributed by atoms with Gasteiger partial charge >= 0.3 is 0 Å². The Kier molecular flexibility index (Phi) is 7.40. The van der Waals surface area contributed by atoms with Crippen molar-refractivity contribution in [3.63, 3.8) is 0 Å². The van der Waals surface area contributed by atoms with Gasteiger partial charge in [0.15, 0.2) is 0 Å². The molecule has 8 heteroatoms. The number of fused-ring (bicyclic) bond motifs is 1. The monoisotopic (exact) mass is 476 g/mol. The van der Waals surface area contributed by atoms with Crippen molar-refractivity contribution in [1.82, 2.24) is 14.9 Å². The van der Waals surface area contributed by atoms with Gasteiger partial charge in [0.05, 0.1) is 25.2 Å². The molecule has 1 amide bonds. The highest BCUT2D eigenvalue weighted by Crippen LogP contribution is 2.32. The number of hydrogen-bond donors (Lipinski definition) is 2. The van der Waals surface area contributed by atoms with Crippen LogP contribution >= 0.6 is 11.3 Å². The summed E-state index contributed by atoms with van der Waals surface area (Å²) < 4.78 is 5.82. The first-order valence-electron chi connectivity index (χ1n) is 11.3. The molecule has 0 radical (unpaired) electrons. The molecule has 34 heavy (non-hydrogen) atoms. The van der Waals surface area contributed by atoms with Crippen LogP contribution in [0.1, 0.15) is 26.1 Å². The number of anilines is 1. The van der Waals surface area contributed by atoms with Crippen LogP contribution in [0.25, 0.3) is 20.7 Å². The molecule has 0 bridgehead atoms. The Hall–Kier alpha value is -3.49. The summed E-state index contributed by atoms with van der Waals surface area (Å²) in [6.45, 7) is 5.01. The predicted molar refractivity (Wildman–Crippen MR) is 137 cm³/mol. The fourth-order valence-electron chi connectivity index (χ4n) is 3.78. The minimum atomic E-state index is -0.390. The lowest BCUT2D eigenvalue weighted by atomic mass is 10.2. The molecule has 4 rings (SSSR count). The Morgan fingerprint density at radius 1 is 1.18 bits per heavy atom. The van der Waals surface area contributed by atoms with Crippen LogP contribution in [0.3, 0.4) is 0 Å². The van der Waals surface area contributed by atoms with Gasteiger partial charge in [-0.2, -0.15) is 0 Å². The minimum Gasteiger partial charge on any atom is -0.497 e. The molecular weight excluding hydrogens is 448 g/mol. The molecule has 0 aliphatic carbocycles. The predicted octanol–water partition coefficient (Wildman–Crippen LogP) is 4.90. The lowest BCUT2D eigenvalue weighted by molar-refractivity contribution is -0.121. The largest absolute Gasteiger partial charge is 0.497 e. The van der Waals surface area contributed by atoms with Gasteiger partial charge in [0.1, 0.15) is 16.3 Å². The Morgan fingerprint density at radius 3 is 2.59 bits per heavy atom. The van der Waals surface area contributed by atoms with Gasteiger partial charge < -0.3 is 15.0 Å². The van der Waals surface area contributed by atoms with Gasteiger partial charge in [0, 0.05) is 10.6 Å². The Bertz CT molecular complexity index is 1320. The van der Waals surface area contributed by atoms with Crippen molar-refractivity contribution in [3.05, 3.63) is 76.8 Å². The number of nitrogens with zero attached hydrogens (tertiary/aromatic N) is 2. The van der Waals surface area contributed by atoms with Crippen molar-refractivity contribution in [2.24, 2.45) is 0 Å². The normalized spacial score (nSPS) is 12.1. The summed E-state index contributed by atoms with van der Waals surface area (Å²) in [5.41, 5.74) is 2.26. The van der Waals surface area contributed by atoms with E-state index in [1.165, 1.54) is 11.3 Å². The number of rotatable bonds is 9. The van der Waals surface area contributed by atoms with Gasteiger partial charge in [-0.1, -0.05) is 25.1 Å². The number of thiophene rings is 1. The van der Waals surface area contributed by atoms with Crippen molar-refractivity contribution < 1.29 is 9.53 Å². The van der Waals surface area contributed by atoms with Crippen LogP contribution in [0.2, 0.25) is 0 Å². The van der Waals surface area contributed by atoms with Gasteiger partial charge in [0.2, 0.25) is 5.91 Å². The third-order valence-corrected chi connectivity index (χ3v) is 6.81. The summed E-state index contributed by atoms with van der Waals surface area (Å²) in [7, 11) is 1.63. The topological polar surface area (TPSA) is 87.3 Å². The highest BCUT2D eigenvalue weighted by atomic mass is 32.1. The molecule has 0 spiro atoms. The van der Waals surface area contributed by atoms with E-state index in [1.807, 2.05) is 72.5 Å². The second-order valence-corrected chi connectivity index (χ2v) is 9.12. The molecule has 7 nitrogen and oxygen atoms in total. The number of para-hydroxylation sites is 1. The van der Waals surface area contributed by atoms with Crippen LogP contribution in [0, 0.1) is 0 Å². The molecule has 2 aromatic carbocycles. The van der Waals surface area contributed by atoms with E-state index in [2.05, 4.69) is 17.2 Å². The summed E-state index contributed by atoms with van der Waals surface area (Å²) in [4.78, 5) is 36.3. The van der Waals surface area contributed by atoms with E-state index < -0.39 is 6.04 Å². The number of hydrogen-bond acceptors (Lipinski definition) is 6. The van der Waals surface area contributed by atoms with E-state index in [9.17, 15) is 9.59 Å². The van der Waals surface area contributed by atoms with Crippen molar-refractivity contribution in [2.75, 3.05) is 19.0 Å². The molecule has 0 saturated heterocycles. The van der Waals surface area contributed by atoms with Gasteiger partial charge in [-0.25, -0.2) is 4.98 Å². The lowest BCUT2D eigenvalue weighted by Crippen LogP contribution is -2.42. The molecule has 2 heterocycles. The van der Waals surface area contributed by atoms with Crippen LogP contribution in [-0.4, -0.2) is 40.5 Å². The zero-order chi connectivity index (χ0) is 24.1. The molecule has 0 aliphatic rings. The molecule has 2 N–H and O–H groups in total. The average molecular weight is 477 g/mol. The Labute approximate surface area is 202 Å². The maximum absolute atomic E-state index is 12.9.